The molecule has 32 heavy (non-hydrogen) atoms. The van der Waals surface area contributed by atoms with E-state index in [9.17, 15) is 9.18 Å². The number of carbonyl (C=O) groups excluding carboxylic acids is 1. The van der Waals surface area contributed by atoms with Crippen LogP contribution in [0.1, 0.15) is 39.2 Å². The van der Waals surface area contributed by atoms with Crippen LogP contribution in [0.25, 0.3) is 11.0 Å². The summed E-state index contributed by atoms with van der Waals surface area (Å²) in [6, 6.07) is 14.8. The second-order valence-corrected chi connectivity index (χ2v) is 9.41. The summed E-state index contributed by atoms with van der Waals surface area (Å²) in [6.07, 6.45) is 1.52. The molecule has 1 atom stereocenters. The van der Waals surface area contributed by atoms with Gasteiger partial charge in [0.15, 0.2) is 0 Å². The Morgan fingerprint density at radius 1 is 1.19 bits per heavy atom. The van der Waals surface area contributed by atoms with Crippen LogP contribution in [0.4, 0.5) is 15.1 Å². The number of nitrogens with zero attached hydrogens (tertiary/aromatic N) is 4. The van der Waals surface area contributed by atoms with Gasteiger partial charge in [-0.05, 0) is 51.8 Å². The normalized spacial score (nSPS) is 16.9. The Hall–Kier alpha value is -3.09. The molecule has 0 unspecified atom stereocenters. The number of imidazole rings is 1. The van der Waals surface area contributed by atoms with E-state index >= 15 is 0 Å². The van der Waals surface area contributed by atoms with Crippen molar-refractivity contribution in [3.63, 3.8) is 0 Å². The van der Waals surface area contributed by atoms with Crippen LogP contribution in [-0.4, -0.2) is 52.3 Å². The SMILES string of the molecule is CN(C(=O)OC(C)(C)C)[C@H]1CCCN(c2nc3ccccc3n2Cc2ccccc2F)C1. The van der Waals surface area contributed by atoms with Crippen molar-refractivity contribution in [1.82, 2.24) is 14.5 Å². The van der Waals surface area contributed by atoms with Gasteiger partial charge >= 0.3 is 6.09 Å². The van der Waals surface area contributed by atoms with Gasteiger partial charge in [0.05, 0.1) is 23.6 Å². The minimum absolute atomic E-state index is 0.0142. The second kappa shape index (κ2) is 8.81. The number of hydrogen-bond acceptors (Lipinski definition) is 4. The quantitative estimate of drug-likeness (QED) is 0.571. The molecule has 3 aromatic rings. The zero-order valence-corrected chi connectivity index (χ0v) is 19.2. The molecule has 2 heterocycles. The lowest BCUT2D eigenvalue weighted by molar-refractivity contribution is 0.0209. The highest BCUT2D eigenvalue weighted by atomic mass is 19.1. The molecule has 0 N–H and O–H groups in total. The zero-order chi connectivity index (χ0) is 22.9. The van der Waals surface area contributed by atoms with Crippen LogP contribution in [0.15, 0.2) is 48.5 Å². The van der Waals surface area contributed by atoms with E-state index in [1.165, 1.54) is 6.07 Å². The largest absolute Gasteiger partial charge is 0.444 e. The number of hydrogen-bond donors (Lipinski definition) is 0. The van der Waals surface area contributed by atoms with Crippen molar-refractivity contribution >= 4 is 23.1 Å². The summed E-state index contributed by atoms with van der Waals surface area (Å²) in [7, 11) is 1.80. The standard InChI is InChI=1S/C25H31FN4O2/c1-25(2,3)32-24(31)28(4)19-11-9-15-29(17-19)23-27-21-13-7-8-14-22(21)30(23)16-18-10-5-6-12-20(18)26/h5-8,10,12-14,19H,9,11,15-17H2,1-4H3/t19-/m0/s1. The average molecular weight is 439 g/mol. The Kier molecular flexibility index (Phi) is 6.09. The number of halogens is 1. The summed E-state index contributed by atoms with van der Waals surface area (Å²) in [5.41, 5.74) is 1.93. The maximum absolute atomic E-state index is 14.4. The molecule has 2 aromatic carbocycles. The highest BCUT2D eigenvalue weighted by Crippen LogP contribution is 2.28. The van der Waals surface area contributed by atoms with Crippen molar-refractivity contribution in [2.75, 3.05) is 25.0 Å². The summed E-state index contributed by atoms with van der Waals surface area (Å²) in [4.78, 5) is 21.4. The highest BCUT2D eigenvalue weighted by molar-refractivity contribution is 5.79. The van der Waals surface area contributed by atoms with Gasteiger partial charge in [0.2, 0.25) is 5.95 Å². The third-order valence-corrected chi connectivity index (χ3v) is 5.83. The molecular weight excluding hydrogens is 407 g/mol. The number of likely N-dealkylation sites (N-methyl/N-ethyl adjacent to an activating group) is 1. The third-order valence-electron chi connectivity index (χ3n) is 5.83. The summed E-state index contributed by atoms with van der Waals surface area (Å²) >= 11 is 0. The number of para-hydroxylation sites is 2. The maximum Gasteiger partial charge on any atom is 0.410 e. The van der Waals surface area contributed by atoms with Gasteiger partial charge in [-0.3, -0.25) is 0 Å². The van der Waals surface area contributed by atoms with E-state index in [4.69, 9.17) is 9.72 Å². The van der Waals surface area contributed by atoms with Crippen LogP contribution in [0, 0.1) is 5.82 Å². The topological polar surface area (TPSA) is 50.6 Å². The summed E-state index contributed by atoms with van der Waals surface area (Å²) in [6.45, 7) is 7.49. The minimum Gasteiger partial charge on any atom is -0.444 e. The summed E-state index contributed by atoms with van der Waals surface area (Å²) < 4.78 is 22.1. The number of fused-ring (bicyclic) bond motifs is 1. The van der Waals surface area contributed by atoms with E-state index in [2.05, 4.69) is 9.47 Å². The molecule has 1 fully saturated rings. The van der Waals surface area contributed by atoms with Crippen LogP contribution < -0.4 is 4.90 Å². The van der Waals surface area contributed by atoms with Gasteiger partial charge in [-0.15, -0.1) is 0 Å². The van der Waals surface area contributed by atoms with Gasteiger partial charge in [0.1, 0.15) is 11.4 Å². The number of amides is 1. The first-order valence-electron chi connectivity index (χ1n) is 11.1. The molecule has 1 aliphatic rings. The fourth-order valence-electron chi connectivity index (χ4n) is 4.19. The Morgan fingerprint density at radius 2 is 1.91 bits per heavy atom. The summed E-state index contributed by atoms with van der Waals surface area (Å²) in [5.74, 6) is 0.578. The van der Waals surface area contributed by atoms with E-state index in [1.54, 1.807) is 18.0 Å². The van der Waals surface area contributed by atoms with Crippen LogP contribution in [0.5, 0.6) is 0 Å². The average Bonchev–Trinajstić information content (AvgIpc) is 3.12. The first-order chi connectivity index (χ1) is 15.2. The first-order valence-corrected chi connectivity index (χ1v) is 11.1. The molecule has 0 bridgehead atoms. The second-order valence-electron chi connectivity index (χ2n) is 9.41. The molecule has 4 rings (SSSR count). The Labute approximate surface area is 188 Å². The zero-order valence-electron chi connectivity index (χ0n) is 19.2. The van der Waals surface area contributed by atoms with E-state index in [0.717, 1.165) is 36.4 Å². The summed E-state index contributed by atoms with van der Waals surface area (Å²) in [5, 5.41) is 0. The molecule has 0 saturated carbocycles. The number of ether oxygens (including phenoxy) is 1. The third kappa shape index (κ3) is 4.71. The Bertz CT molecular complexity index is 1100. The fourth-order valence-corrected chi connectivity index (χ4v) is 4.19. The molecule has 1 saturated heterocycles. The lowest BCUT2D eigenvalue weighted by Crippen LogP contribution is -2.50. The van der Waals surface area contributed by atoms with Gasteiger partial charge in [-0.2, -0.15) is 0 Å². The monoisotopic (exact) mass is 438 g/mol. The lowest BCUT2D eigenvalue weighted by atomic mass is 10.1. The number of rotatable bonds is 4. The van der Waals surface area contributed by atoms with Crippen LogP contribution in [-0.2, 0) is 11.3 Å². The van der Waals surface area contributed by atoms with Crippen molar-refractivity contribution in [2.45, 2.75) is 51.8 Å². The van der Waals surface area contributed by atoms with E-state index < -0.39 is 5.60 Å². The van der Waals surface area contributed by atoms with Gasteiger partial charge < -0.3 is 19.1 Å². The van der Waals surface area contributed by atoms with Crippen molar-refractivity contribution < 1.29 is 13.9 Å². The molecule has 0 aliphatic carbocycles. The predicted octanol–water partition coefficient (Wildman–Crippen LogP) is 5.06. The number of aromatic nitrogens is 2. The van der Waals surface area contributed by atoms with Crippen molar-refractivity contribution in [1.29, 1.82) is 0 Å². The predicted molar refractivity (Wildman–Crippen MR) is 124 cm³/mol. The number of benzene rings is 2. The molecule has 6 nitrogen and oxygen atoms in total. The van der Waals surface area contributed by atoms with Crippen LogP contribution >= 0.6 is 0 Å². The van der Waals surface area contributed by atoms with Gasteiger partial charge in [-0.25, -0.2) is 14.2 Å². The number of carbonyl (C=O) groups is 1. The highest BCUT2D eigenvalue weighted by Gasteiger charge is 2.31. The maximum atomic E-state index is 14.4. The lowest BCUT2D eigenvalue weighted by Gasteiger charge is -2.38. The van der Waals surface area contributed by atoms with Gasteiger partial charge in [0, 0.05) is 25.7 Å². The van der Waals surface area contributed by atoms with E-state index in [1.807, 2.05) is 57.2 Å². The molecule has 1 aromatic heterocycles. The Balaban J connectivity index is 1.63. The molecule has 0 spiro atoms. The van der Waals surface area contributed by atoms with E-state index in [0.29, 0.717) is 18.7 Å². The van der Waals surface area contributed by atoms with Crippen molar-refractivity contribution in [3.8, 4) is 0 Å². The number of anilines is 1. The molecule has 7 heteroatoms. The number of piperidine rings is 1. The minimum atomic E-state index is -0.534. The van der Waals surface area contributed by atoms with Crippen LogP contribution in [0.2, 0.25) is 0 Å². The first kappa shape index (κ1) is 22.1. The smallest absolute Gasteiger partial charge is 0.410 e. The Morgan fingerprint density at radius 3 is 2.66 bits per heavy atom. The fraction of sp³-hybridized carbons (Fsp3) is 0.440. The van der Waals surface area contributed by atoms with Crippen molar-refractivity contribution in [3.05, 3.63) is 59.9 Å². The molecule has 1 amide bonds. The van der Waals surface area contributed by atoms with E-state index in [-0.39, 0.29) is 18.0 Å². The molecule has 1 aliphatic heterocycles. The molecular formula is C25H31FN4O2. The van der Waals surface area contributed by atoms with Gasteiger partial charge in [0.25, 0.3) is 0 Å². The molecule has 170 valence electrons. The van der Waals surface area contributed by atoms with Gasteiger partial charge in [-0.1, -0.05) is 30.3 Å². The van der Waals surface area contributed by atoms with Crippen molar-refractivity contribution in [2.24, 2.45) is 0 Å². The van der Waals surface area contributed by atoms with Crippen LogP contribution in [0.3, 0.4) is 0 Å². The molecule has 0 radical (unpaired) electrons.